The van der Waals surface area contributed by atoms with Gasteiger partial charge in [-0.05, 0) is 59.0 Å². The van der Waals surface area contributed by atoms with Crippen LogP contribution in [0.15, 0.2) is 41.3 Å². The molecule has 8 heteroatoms. The molecule has 0 saturated heterocycles. The standard InChI is InChI=1S/C12H9F2IN2O2S/c13-7-2-4-11(9(15)5-7)17-20(18,19)12-6-8(14)1-3-10(12)16/h1-6,17H,16H2. The summed E-state index contributed by atoms with van der Waals surface area (Å²) in [6.07, 6.45) is 0. The van der Waals surface area contributed by atoms with Crippen LogP contribution < -0.4 is 10.5 Å². The number of benzene rings is 2. The first-order chi connectivity index (χ1) is 9.29. The van der Waals surface area contributed by atoms with Crippen molar-refractivity contribution in [3.8, 4) is 0 Å². The van der Waals surface area contributed by atoms with Gasteiger partial charge >= 0.3 is 0 Å². The molecule has 0 unspecified atom stereocenters. The molecule has 0 aliphatic rings. The summed E-state index contributed by atoms with van der Waals surface area (Å²) in [6.45, 7) is 0. The smallest absolute Gasteiger partial charge is 0.264 e. The average Bonchev–Trinajstić information content (AvgIpc) is 2.35. The summed E-state index contributed by atoms with van der Waals surface area (Å²) < 4.78 is 53.1. The summed E-state index contributed by atoms with van der Waals surface area (Å²) in [4.78, 5) is -0.363. The summed E-state index contributed by atoms with van der Waals surface area (Å²) in [5.41, 5.74) is 5.66. The number of hydrogen-bond acceptors (Lipinski definition) is 3. The van der Waals surface area contributed by atoms with Gasteiger partial charge in [-0.2, -0.15) is 0 Å². The van der Waals surface area contributed by atoms with Gasteiger partial charge in [0.1, 0.15) is 16.5 Å². The van der Waals surface area contributed by atoms with Crippen molar-refractivity contribution in [2.24, 2.45) is 0 Å². The van der Waals surface area contributed by atoms with E-state index in [1.165, 1.54) is 18.2 Å². The Labute approximate surface area is 128 Å². The molecule has 0 spiro atoms. The molecule has 2 aromatic rings. The number of nitrogens with two attached hydrogens (primary N) is 1. The zero-order valence-electron chi connectivity index (χ0n) is 9.90. The Hall–Kier alpha value is -1.42. The molecule has 0 aromatic heterocycles. The van der Waals surface area contributed by atoms with Gasteiger partial charge in [-0.1, -0.05) is 0 Å². The van der Waals surface area contributed by atoms with Gasteiger partial charge < -0.3 is 5.73 Å². The lowest BCUT2D eigenvalue weighted by atomic mass is 10.3. The normalized spacial score (nSPS) is 11.3. The molecule has 0 bridgehead atoms. The molecular weight excluding hydrogens is 401 g/mol. The van der Waals surface area contributed by atoms with Crippen molar-refractivity contribution in [2.45, 2.75) is 4.90 Å². The van der Waals surface area contributed by atoms with Gasteiger partial charge in [0.05, 0.1) is 11.4 Å². The van der Waals surface area contributed by atoms with E-state index in [9.17, 15) is 17.2 Å². The summed E-state index contributed by atoms with van der Waals surface area (Å²) in [5, 5.41) is 0. The van der Waals surface area contributed by atoms with Crippen LogP contribution >= 0.6 is 22.6 Å². The number of hydrogen-bond donors (Lipinski definition) is 2. The average molecular weight is 410 g/mol. The van der Waals surface area contributed by atoms with Crippen molar-refractivity contribution >= 4 is 44.0 Å². The molecule has 3 N–H and O–H groups in total. The number of rotatable bonds is 3. The first-order valence-electron chi connectivity index (χ1n) is 5.32. The van der Waals surface area contributed by atoms with Gasteiger partial charge in [-0.15, -0.1) is 0 Å². The van der Waals surface area contributed by atoms with E-state index >= 15 is 0 Å². The molecule has 106 valence electrons. The zero-order valence-corrected chi connectivity index (χ0v) is 12.9. The van der Waals surface area contributed by atoms with E-state index in [4.69, 9.17) is 5.73 Å². The Bertz CT molecular complexity index is 766. The molecule has 4 nitrogen and oxygen atoms in total. The van der Waals surface area contributed by atoms with Crippen LogP contribution in [0.2, 0.25) is 0 Å². The van der Waals surface area contributed by atoms with Crippen molar-refractivity contribution < 1.29 is 17.2 Å². The Morgan fingerprint density at radius 2 is 1.65 bits per heavy atom. The fraction of sp³-hybridized carbons (Fsp3) is 0. The molecule has 2 aromatic carbocycles. The Balaban J connectivity index is 2.43. The maximum atomic E-state index is 13.1. The molecular formula is C12H9F2IN2O2S. The van der Waals surface area contributed by atoms with Crippen molar-refractivity contribution in [3.63, 3.8) is 0 Å². The molecule has 0 heterocycles. The van der Waals surface area contributed by atoms with E-state index < -0.39 is 21.7 Å². The highest BCUT2D eigenvalue weighted by Crippen LogP contribution is 2.25. The molecule has 0 aliphatic carbocycles. The maximum absolute atomic E-state index is 13.1. The largest absolute Gasteiger partial charge is 0.398 e. The molecule has 0 fully saturated rings. The predicted molar refractivity (Wildman–Crippen MR) is 80.7 cm³/mol. The monoisotopic (exact) mass is 410 g/mol. The molecule has 0 radical (unpaired) electrons. The van der Waals surface area contributed by atoms with Gasteiger partial charge in [0, 0.05) is 3.57 Å². The minimum absolute atomic E-state index is 0.0731. The molecule has 2 rings (SSSR count). The quantitative estimate of drug-likeness (QED) is 0.604. The number of nitrogens with one attached hydrogen (secondary N) is 1. The highest BCUT2D eigenvalue weighted by molar-refractivity contribution is 14.1. The minimum Gasteiger partial charge on any atom is -0.398 e. The van der Waals surface area contributed by atoms with Crippen molar-refractivity contribution in [2.75, 3.05) is 10.5 Å². The van der Waals surface area contributed by atoms with Crippen LogP contribution in [0, 0.1) is 15.2 Å². The van der Waals surface area contributed by atoms with Gasteiger partial charge in [0.2, 0.25) is 0 Å². The summed E-state index contributed by atoms with van der Waals surface area (Å²) >= 11 is 1.79. The van der Waals surface area contributed by atoms with Crippen LogP contribution in [0.4, 0.5) is 20.2 Å². The summed E-state index contributed by atoms with van der Waals surface area (Å²) in [6, 6.07) is 6.63. The number of sulfonamides is 1. The first-order valence-corrected chi connectivity index (χ1v) is 7.89. The highest BCUT2D eigenvalue weighted by atomic mass is 127. The summed E-state index contributed by atoms with van der Waals surface area (Å²) in [7, 11) is -4.04. The van der Waals surface area contributed by atoms with Gasteiger partial charge in [-0.3, -0.25) is 4.72 Å². The van der Waals surface area contributed by atoms with Crippen LogP contribution in [0.25, 0.3) is 0 Å². The van der Waals surface area contributed by atoms with Crippen molar-refractivity contribution in [3.05, 3.63) is 51.6 Å². The second-order valence-corrected chi connectivity index (χ2v) is 6.72. The molecule has 0 aliphatic heterocycles. The molecule has 0 amide bonds. The number of halogens is 3. The van der Waals surface area contributed by atoms with E-state index in [0.717, 1.165) is 18.2 Å². The lowest BCUT2D eigenvalue weighted by molar-refractivity contribution is 0.595. The lowest BCUT2D eigenvalue weighted by Crippen LogP contribution is -2.16. The van der Waals surface area contributed by atoms with Gasteiger partial charge in [0.15, 0.2) is 0 Å². The Kier molecular flexibility index (Phi) is 4.14. The predicted octanol–water partition coefficient (Wildman–Crippen LogP) is 2.95. The second-order valence-electron chi connectivity index (χ2n) is 3.91. The van der Waals surface area contributed by atoms with E-state index in [0.29, 0.717) is 3.57 Å². The van der Waals surface area contributed by atoms with Crippen LogP contribution in [-0.2, 0) is 10.0 Å². The first kappa shape index (κ1) is 15.0. The molecule has 20 heavy (non-hydrogen) atoms. The second kappa shape index (κ2) is 5.52. The molecule has 0 atom stereocenters. The third kappa shape index (κ3) is 3.18. The number of anilines is 2. The maximum Gasteiger partial charge on any atom is 0.264 e. The summed E-state index contributed by atoms with van der Waals surface area (Å²) in [5.74, 6) is -1.20. The lowest BCUT2D eigenvalue weighted by Gasteiger charge is -2.11. The van der Waals surface area contributed by atoms with Crippen molar-refractivity contribution in [1.29, 1.82) is 0 Å². The molecule has 0 saturated carbocycles. The van der Waals surface area contributed by atoms with E-state index in [1.54, 1.807) is 22.6 Å². The van der Waals surface area contributed by atoms with Crippen LogP contribution in [0.1, 0.15) is 0 Å². The van der Waals surface area contributed by atoms with Crippen molar-refractivity contribution in [1.82, 2.24) is 0 Å². The topological polar surface area (TPSA) is 72.2 Å². The zero-order chi connectivity index (χ0) is 14.9. The SMILES string of the molecule is Nc1ccc(F)cc1S(=O)(=O)Nc1ccc(F)cc1I. The minimum atomic E-state index is -4.04. The Morgan fingerprint density at radius 1 is 1.05 bits per heavy atom. The fourth-order valence-corrected chi connectivity index (χ4v) is 3.53. The third-order valence-electron chi connectivity index (χ3n) is 2.44. The highest BCUT2D eigenvalue weighted by Gasteiger charge is 2.19. The number of nitrogen functional groups attached to an aromatic ring is 1. The van der Waals surface area contributed by atoms with Crippen LogP contribution in [0.5, 0.6) is 0 Å². The van der Waals surface area contributed by atoms with E-state index in [-0.39, 0.29) is 16.3 Å². The van der Waals surface area contributed by atoms with Gasteiger partial charge in [0.25, 0.3) is 10.0 Å². The fourth-order valence-electron chi connectivity index (χ4n) is 1.51. The van der Waals surface area contributed by atoms with Crippen LogP contribution in [-0.4, -0.2) is 8.42 Å². The van der Waals surface area contributed by atoms with E-state index in [2.05, 4.69) is 4.72 Å². The van der Waals surface area contributed by atoms with E-state index in [1.807, 2.05) is 0 Å². The third-order valence-corrected chi connectivity index (χ3v) is 4.75. The Morgan fingerprint density at radius 3 is 2.30 bits per heavy atom. The van der Waals surface area contributed by atoms with Gasteiger partial charge in [-0.25, -0.2) is 17.2 Å². The van der Waals surface area contributed by atoms with Crippen LogP contribution in [0.3, 0.4) is 0 Å².